The molecule has 154 valence electrons. The molecule has 2 aliphatic rings. The number of aliphatic imine (C=N–C) groups is 1. The van der Waals surface area contributed by atoms with Crippen LogP contribution in [-0.4, -0.2) is 63.3 Å². The predicted molar refractivity (Wildman–Crippen MR) is 122 cm³/mol. The van der Waals surface area contributed by atoms with E-state index in [-0.39, 0.29) is 24.0 Å². The summed E-state index contributed by atoms with van der Waals surface area (Å²) >= 11 is 0. The molecule has 0 aromatic carbocycles. The Hall–Kier alpha value is -0.0800. The van der Waals surface area contributed by atoms with Gasteiger partial charge < -0.3 is 20.3 Å². The maximum atomic E-state index is 5.66. The molecule has 1 heterocycles. The average molecular weight is 480 g/mol. The Balaban J connectivity index is 0.00000338. The minimum atomic E-state index is 0. The monoisotopic (exact) mass is 480 g/mol. The highest BCUT2D eigenvalue weighted by Crippen LogP contribution is 2.28. The minimum absolute atomic E-state index is 0. The van der Waals surface area contributed by atoms with E-state index in [1.165, 1.54) is 71.0 Å². The summed E-state index contributed by atoms with van der Waals surface area (Å²) in [5.74, 6) is 1.82. The van der Waals surface area contributed by atoms with Crippen molar-refractivity contribution in [2.75, 3.05) is 52.5 Å². The Labute approximate surface area is 178 Å². The van der Waals surface area contributed by atoms with Crippen LogP contribution in [0.5, 0.6) is 0 Å². The van der Waals surface area contributed by atoms with E-state index in [9.17, 15) is 0 Å². The van der Waals surface area contributed by atoms with Gasteiger partial charge in [-0.3, -0.25) is 4.99 Å². The molecule has 0 atom stereocenters. The van der Waals surface area contributed by atoms with Crippen LogP contribution >= 0.6 is 24.0 Å². The molecule has 6 heteroatoms. The van der Waals surface area contributed by atoms with Crippen LogP contribution in [0.4, 0.5) is 0 Å². The second kappa shape index (κ2) is 15.9. The van der Waals surface area contributed by atoms with Crippen LogP contribution in [0.1, 0.15) is 64.7 Å². The number of hydrogen-bond acceptors (Lipinski definition) is 3. The third kappa shape index (κ3) is 12.3. The van der Waals surface area contributed by atoms with Crippen molar-refractivity contribution in [2.24, 2.45) is 10.9 Å². The van der Waals surface area contributed by atoms with Crippen LogP contribution in [0.3, 0.4) is 0 Å². The molecule has 2 rings (SSSR count). The zero-order valence-corrected chi connectivity index (χ0v) is 19.1. The van der Waals surface area contributed by atoms with Gasteiger partial charge in [0.15, 0.2) is 5.96 Å². The van der Waals surface area contributed by atoms with Crippen molar-refractivity contribution in [3.8, 4) is 0 Å². The quantitative estimate of drug-likeness (QED) is 0.183. The fourth-order valence-corrected chi connectivity index (χ4v) is 3.26. The number of rotatable bonds is 13. The highest BCUT2D eigenvalue weighted by atomic mass is 127. The van der Waals surface area contributed by atoms with Crippen molar-refractivity contribution < 1.29 is 4.74 Å². The van der Waals surface area contributed by atoms with Gasteiger partial charge >= 0.3 is 0 Å². The molecule has 0 spiro atoms. The first kappa shape index (κ1) is 24.0. The van der Waals surface area contributed by atoms with Gasteiger partial charge in [0, 0.05) is 32.8 Å². The molecular formula is C20H41IN4O. The van der Waals surface area contributed by atoms with Crippen LogP contribution in [-0.2, 0) is 4.74 Å². The average Bonchev–Trinajstić information content (AvgIpc) is 3.46. The molecule has 2 fully saturated rings. The highest BCUT2D eigenvalue weighted by molar-refractivity contribution is 14.0. The van der Waals surface area contributed by atoms with Crippen molar-refractivity contribution in [3.63, 3.8) is 0 Å². The van der Waals surface area contributed by atoms with Gasteiger partial charge in [-0.1, -0.05) is 12.8 Å². The Morgan fingerprint density at radius 1 is 1.04 bits per heavy atom. The number of hydrogen-bond donors (Lipinski definition) is 2. The molecule has 2 N–H and O–H groups in total. The van der Waals surface area contributed by atoms with Gasteiger partial charge in [0.2, 0.25) is 0 Å². The standard InChI is InChI=1S/C20H40N4O.HI/c1-2-21-20(23-13-9-17-25-18-19-10-11-19)22-12-5-3-6-14-24-15-7-4-8-16-24;/h19H,2-18H2,1H3,(H2,21,22,23);1H. The van der Waals surface area contributed by atoms with E-state index >= 15 is 0 Å². The lowest BCUT2D eigenvalue weighted by atomic mass is 10.1. The van der Waals surface area contributed by atoms with Gasteiger partial charge in [0.05, 0.1) is 0 Å². The third-order valence-corrected chi connectivity index (χ3v) is 5.00. The Kier molecular flexibility index (Phi) is 14.7. The second-order valence-electron chi connectivity index (χ2n) is 7.52. The highest BCUT2D eigenvalue weighted by Gasteiger charge is 2.20. The summed E-state index contributed by atoms with van der Waals surface area (Å²) in [6, 6.07) is 0. The predicted octanol–water partition coefficient (Wildman–Crippen LogP) is 3.63. The van der Waals surface area contributed by atoms with Gasteiger partial charge in [-0.25, -0.2) is 0 Å². The first-order valence-electron chi connectivity index (χ1n) is 10.7. The van der Waals surface area contributed by atoms with Crippen LogP contribution in [0, 0.1) is 5.92 Å². The number of ether oxygens (including phenoxy) is 1. The van der Waals surface area contributed by atoms with Crippen LogP contribution in [0.25, 0.3) is 0 Å². The summed E-state index contributed by atoms with van der Waals surface area (Å²) in [6.07, 6.45) is 11.8. The largest absolute Gasteiger partial charge is 0.381 e. The van der Waals surface area contributed by atoms with Gasteiger partial charge in [0.25, 0.3) is 0 Å². The molecule has 5 nitrogen and oxygen atoms in total. The van der Waals surface area contributed by atoms with Crippen LogP contribution in [0.2, 0.25) is 0 Å². The number of likely N-dealkylation sites (tertiary alicyclic amines) is 1. The van der Waals surface area contributed by atoms with Crippen molar-refractivity contribution in [1.29, 1.82) is 0 Å². The lowest BCUT2D eigenvalue weighted by Gasteiger charge is -2.26. The molecule has 0 aromatic heterocycles. The van der Waals surface area contributed by atoms with E-state index in [2.05, 4.69) is 27.4 Å². The van der Waals surface area contributed by atoms with E-state index < -0.39 is 0 Å². The summed E-state index contributed by atoms with van der Waals surface area (Å²) in [5.41, 5.74) is 0. The maximum Gasteiger partial charge on any atom is 0.191 e. The number of halogens is 1. The lowest BCUT2D eigenvalue weighted by molar-refractivity contribution is 0.123. The zero-order chi connectivity index (χ0) is 17.6. The van der Waals surface area contributed by atoms with E-state index in [1.54, 1.807) is 0 Å². The van der Waals surface area contributed by atoms with E-state index in [4.69, 9.17) is 4.74 Å². The topological polar surface area (TPSA) is 48.9 Å². The van der Waals surface area contributed by atoms with Crippen molar-refractivity contribution in [3.05, 3.63) is 0 Å². The first-order valence-corrected chi connectivity index (χ1v) is 10.7. The number of unbranched alkanes of at least 4 members (excludes halogenated alkanes) is 2. The summed E-state index contributed by atoms with van der Waals surface area (Å²) in [6.45, 7) is 10.6. The number of nitrogens with zero attached hydrogens (tertiary/aromatic N) is 2. The van der Waals surface area contributed by atoms with E-state index in [0.717, 1.165) is 51.1 Å². The summed E-state index contributed by atoms with van der Waals surface area (Å²) in [4.78, 5) is 7.28. The Morgan fingerprint density at radius 2 is 1.85 bits per heavy atom. The fraction of sp³-hybridized carbons (Fsp3) is 0.950. The lowest BCUT2D eigenvalue weighted by Crippen LogP contribution is -2.38. The van der Waals surface area contributed by atoms with E-state index in [0.29, 0.717) is 0 Å². The zero-order valence-electron chi connectivity index (χ0n) is 16.8. The molecule has 0 aromatic rings. The number of piperidine rings is 1. The van der Waals surface area contributed by atoms with Gasteiger partial charge in [-0.2, -0.15) is 0 Å². The molecule has 0 bridgehead atoms. The summed E-state index contributed by atoms with van der Waals surface area (Å²) in [7, 11) is 0. The molecule has 26 heavy (non-hydrogen) atoms. The molecule has 1 aliphatic carbocycles. The molecule has 1 saturated carbocycles. The smallest absolute Gasteiger partial charge is 0.191 e. The van der Waals surface area contributed by atoms with Crippen LogP contribution in [0.15, 0.2) is 4.99 Å². The SMILES string of the molecule is CCNC(=NCCCOCC1CC1)NCCCCCN1CCCCC1.I. The molecule has 1 saturated heterocycles. The molecule has 0 unspecified atom stereocenters. The molecule has 0 radical (unpaired) electrons. The van der Waals surface area contributed by atoms with E-state index in [1.807, 2.05) is 0 Å². The third-order valence-electron chi connectivity index (χ3n) is 5.00. The van der Waals surface area contributed by atoms with Crippen molar-refractivity contribution >= 4 is 29.9 Å². The number of nitrogens with one attached hydrogen (secondary N) is 2. The van der Waals surface area contributed by atoms with Gasteiger partial charge in [-0.05, 0) is 77.4 Å². The maximum absolute atomic E-state index is 5.66. The first-order chi connectivity index (χ1) is 12.4. The van der Waals surface area contributed by atoms with Crippen molar-refractivity contribution in [2.45, 2.75) is 64.7 Å². The second-order valence-corrected chi connectivity index (χ2v) is 7.52. The normalized spacial score (nSPS) is 18.4. The van der Waals surface area contributed by atoms with Crippen LogP contribution < -0.4 is 10.6 Å². The Bertz CT molecular complexity index is 358. The minimum Gasteiger partial charge on any atom is -0.381 e. The summed E-state index contributed by atoms with van der Waals surface area (Å²) in [5, 5.41) is 6.80. The molecule has 1 aliphatic heterocycles. The molecular weight excluding hydrogens is 439 g/mol. The van der Waals surface area contributed by atoms with Crippen molar-refractivity contribution in [1.82, 2.24) is 15.5 Å². The summed E-state index contributed by atoms with van der Waals surface area (Å²) < 4.78 is 5.66. The molecule has 0 amide bonds. The fourth-order valence-electron chi connectivity index (χ4n) is 3.26. The van der Waals surface area contributed by atoms with Gasteiger partial charge in [0.1, 0.15) is 0 Å². The Morgan fingerprint density at radius 3 is 2.58 bits per heavy atom. The van der Waals surface area contributed by atoms with Gasteiger partial charge in [-0.15, -0.1) is 24.0 Å². The number of guanidine groups is 1.